The van der Waals surface area contributed by atoms with Crippen LogP contribution < -0.4 is 5.32 Å². The van der Waals surface area contributed by atoms with Crippen molar-refractivity contribution in [2.75, 3.05) is 0 Å². The lowest BCUT2D eigenvalue weighted by atomic mass is 9.86. The summed E-state index contributed by atoms with van der Waals surface area (Å²) >= 11 is 0. The number of likely N-dealkylation sites (tertiary alicyclic amines) is 1. The van der Waals surface area contributed by atoms with E-state index in [2.05, 4.69) is 5.32 Å². The molecule has 2 amide bonds. The van der Waals surface area contributed by atoms with E-state index in [1.165, 1.54) is 11.8 Å². The second-order valence-corrected chi connectivity index (χ2v) is 10.8. The summed E-state index contributed by atoms with van der Waals surface area (Å²) in [6.45, 7) is 17.4. The van der Waals surface area contributed by atoms with Crippen molar-refractivity contribution < 1.29 is 29.0 Å². The number of rotatable bonds is 6. The summed E-state index contributed by atoms with van der Waals surface area (Å²) < 4.78 is 11.3. The SMILES string of the molecule is C/C=C\[C@@H]1C[C@H](C(=O)OC(C)(C)C)N(C(=O)OC(C)(C)C)[C@H]1[C@@H](NC(C)=O)[C@H](O)C(C)C. The summed E-state index contributed by atoms with van der Waals surface area (Å²) in [5.41, 5.74) is -1.53. The van der Waals surface area contributed by atoms with Gasteiger partial charge in [-0.1, -0.05) is 26.0 Å². The summed E-state index contributed by atoms with van der Waals surface area (Å²) in [7, 11) is 0. The predicted octanol–water partition coefficient (Wildman–Crippen LogP) is 3.42. The lowest BCUT2D eigenvalue weighted by molar-refractivity contribution is -0.160. The first-order valence-electron chi connectivity index (χ1n) is 11.3. The van der Waals surface area contributed by atoms with Gasteiger partial charge in [-0.05, 0) is 60.8 Å². The van der Waals surface area contributed by atoms with Gasteiger partial charge in [0.05, 0.1) is 18.2 Å². The Hall–Kier alpha value is -2.09. The van der Waals surface area contributed by atoms with Crippen molar-refractivity contribution in [3.8, 4) is 0 Å². The van der Waals surface area contributed by atoms with Crippen molar-refractivity contribution in [2.24, 2.45) is 11.8 Å². The number of allylic oxidation sites excluding steroid dienone is 1. The number of ether oxygens (including phenoxy) is 2. The van der Waals surface area contributed by atoms with Crippen LogP contribution in [0.5, 0.6) is 0 Å². The van der Waals surface area contributed by atoms with Gasteiger partial charge in [0.1, 0.15) is 17.2 Å². The molecule has 1 aliphatic heterocycles. The van der Waals surface area contributed by atoms with E-state index < -0.39 is 47.5 Å². The van der Waals surface area contributed by atoms with Crippen molar-refractivity contribution in [1.29, 1.82) is 0 Å². The van der Waals surface area contributed by atoms with Crippen molar-refractivity contribution in [3.63, 3.8) is 0 Å². The first-order chi connectivity index (χ1) is 14.5. The highest BCUT2D eigenvalue weighted by atomic mass is 16.6. The number of carbonyl (C=O) groups is 3. The molecule has 0 spiro atoms. The molecule has 1 rings (SSSR count). The largest absolute Gasteiger partial charge is 0.458 e. The number of hydrogen-bond donors (Lipinski definition) is 2. The van der Waals surface area contributed by atoms with Crippen LogP contribution in [0.25, 0.3) is 0 Å². The number of nitrogens with zero attached hydrogens (tertiary/aromatic N) is 1. The molecule has 8 nitrogen and oxygen atoms in total. The van der Waals surface area contributed by atoms with E-state index in [9.17, 15) is 19.5 Å². The lowest BCUT2D eigenvalue weighted by Gasteiger charge is -2.40. The number of carbonyl (C=O) groups excluding carboxylic acids is 3. The normalized spacial score (nSPS) is 23.9. The Balaban J connectivity index is 3.59. The molecule has 5 atom stereocenters. The molecule has 2 N–H and O–H groups in total. The fourth-order valence-electron chi connectivity index (χ4n) is 3.97. The van der Waals surface area contributed by atoms with E-state index in [0.717, 1.165) is 0 Å². The molecule has 184 valence electrons. The molecule has 32 heavy (non-hydrogen) atoms. The number of nitrogens with one attached hydrogen (secondary N) is 1. The second-order valence-electron chi connectivity index (χ2n) is 10.8. The van der Waals surface area contributed by atoms with Crippen molar-refractivity contribution in [3.05, 3.63) is 12.2 Å². The van der Waals surface area contributed by atoms with Gasteiger partial charge in [0, 0.05) is 12.8 Å². The predicted molar refractivity (Wildman–Crippen MR) is 123 cm³/mol. The Labute approximate surface area is 192 Å². The average molecular weight is 455 g/mol. The van der Waals surface area contributed by atoms with Gasteiger partial charge in [0.15, 0.2) is 0 Å². The molecule has 0 aromatic rings. The number of esters is 1. The lowest BCUT2D eigenvalue weighted by Crippen LogP contribution is -2.61. The Morgan fingerprint density at radius 3 is 2.00 bits per heavy atom. The van der Waals surface area contributed by atoms with Crippen LogP contribution in [-0.4, -0.2) is 63.4 Å². The Bertz CT molecular complexity index is 704. The van der Waals surface area contributed by atoms with E-state index in [0.29, 0.717) is 6.42 Å². The van der Waals surface area contributed by atoms with E-state index in [1.54, 1.807) is 41.5 Å². The van der Waals surface area contributed by atoms with E-state index in [4.69, 9.17) is 9.47 Å². The molecule has 0 saturated carbocycles. The summed E-state index contributed by atoms with van der Waals surface area (Å²) in [5.74, 6) is -1.37. The first-order valence-corrected chi connectivity index (χ1v) is 11.3. The molecule has 0 unspecified atom stereocenters. The third-order valence-electron chi connectivity index (χ3n) is 5.10. The van der Waals surface area contributed by atoms with Gasteiger partial charge < -0.3 is 19.9 Å². The maximum atomic E-state index is 13.4. The Morgan fingerprint density at radius 1 is 1.06 bits per heavy atom. The van der Waals surface area contributed by atoms with Crippen molar-refractivity contribution >= 4 is 18.0 Å². The van der Waals surface area contributed by atoms with Crippen LogP contribution in [0.15, 0.2) is 12.2 Å². The molecule has 1 saturated heterocycles. The molecule has 0 bridgehead atoms. The topological polar surface area (TPSA) is 105 Å². The Morgan fingerprint density at radius 2 is 1.59 bits per heavy atom. The fraction of sp³-hybridized carbons (Fsp3) is 0.792. The molecule has 0 aliphatic carbocycles. The molecular weight excluding hydrogens is 412 g/mol. The van der Waals surface area contributed by atoms with Crippen LogP contribution in [0.3, 0.4) is 0 Å². The van der Waals surface area contributed by atoms with Crippen LogP contribution in [0.2, 0.25) is 0 Å². The highest BCUT2D eigenvalue weighted by Crippen LogP contribution is 2.37. The summed E-state index contributed by atoms with van der Waals surface area (Å²) in [4.78, 5) is 39.9. The highest BCUT2D eigenvalue weighted by molar-refractivity contribution is 5.83. The summed E-state index contributed by atoms with van der Waals surface area (Å²) in [6.07, 6.45) is 2.41. The minimum atomic E-state index is -0.945. The number of aliphatic hydroxyl groups is 1. The smallest absolute Gasteiger partial charge is 0.411 e. The van der Waals surface area contributed by atoms with Gasteiger partial charge >= 0.3 is 12.1 Å². The van der Waals surface area contributed by atoms with E-state index >= 15 is 0 Å². The van der Waals surface area contributed by atoms with E-state index in [1.807, 2.05) is 32.9 Å². The Kier molecular flexibility index (Phi) is 9.33. The van der Waals surface area contributed by atoms with Crippen LogP contribution in [-0.2, 0) is 19.1 Å². The molecular formula is C24H42N2O6. The van der Waals surface area contributed by atoms with Crippen LogP contribution >= 0.6 is 0 Å². The summed E-state index contributed by atoms with van der Waals surface area (Å²) in [5, 5.41) is 13.8. The van der Waals surface area contributed by atoms with Gasteiger partial charge in [0.25, 0.3) is 0 Å². The van der Waals surface area contributed by atoms with E-state index in [-0.39, 0.29) is 17.7 Å². The second kappa shape index (κ2) is 10.7. The maximum Gasteiger partial charge on any atom is 0.411 e. The fourth-order valence-corrected chi connectivity index (χ4v) is 3.97. The highest BCUT2D eigenvalue weighted by Gasteiger charge is 2.53. The van der Waals surface area contributed by atoms with Crippen LogP contribution in [0.4, 0.5) is 4.79 Å². The summed E-state index contributed by atoms with van der Waals surface area (Å²) in [6, 6.07) is -2.40. The van der Waals surface area contributed by atoms with Gasteiger partial charge in [-0.2, -0.15) is 0 Å². The zero-order chi connectivity index (χ0) is 25.0. The number of aliphatic hydroxyl groups excluding tert-OH is 1. The average Bonchev–Trinajstić information content (AvgIpc) is 2.95. The maximum absolute atomic E-state index is 13.4. The molecule has 0 aromatic heterocycles. The van der Waals surface area contributed by atoms with Crippen LogP contribution in [0, 0.1) is 11.8 Å². The molecule has 0 radical (unpaired) electrons. The molecule has 1 aliphatic rings. The third kappa shape index (κ3) is 7.80. The van der Waals surface area contributed by atoms with Gasteiger partial charge in [-0.25, -0.2) is 9.59 Å². The quantitative estimate of drug-likeness (QED) is 0.471. The van der Waals surface area contributed by atoms with Gasteiger partial charge in [0.2, 0.25) is 5.91 Å². The monoisotopic (exact) mass is 454 g/mol. The van der Waals surface area contributed by atoms with Gasteiger partial charge in [-0.15, -0.1) is 0 Å². The van der Waals surface area contributed by atoms with Gasteiger partial charge in [-0.3, -0.25) is 9.69 Å². The molecule has 8 heteroatoms. The van der Waals surface area contributed by atoms with Crippen molar-refractivity contribution in [2.45, 2.75) is 111 Å². The first kappa shape index (κ1) is 27.9. The zero-order valence-electron chi connectivity index (χ0n) is 21.3. The number of hydrogen-bond acceptors (Lipinski definition) is 6. The molecule has 1 heterocycles. The zero-order valence-corrected chi connectivity index (χ0v) is 21.3. The molecule has 1 fully saturated rings. The minimum absolute atomic E-state index is 0.195. The van der Waals surface area contributed by atoms with Crippen LogP contribution in [0.1, 0.15) is 75.7 Å². The van der Waals surface area contributed by atoms with Crippen molar-refractivity contribution in [1.82, 2.24) is 10.2 Å². The molecule has 0 aromatic carbocycles. The number of amides is 2. The standard InChI is InChI=1S/C24H42N2O6/c1-11-12-16-13-17(21(29)31-23(5,6)7)26(22(30)32-24(8,9)10)19(16)18(25-15(4)27)20(28)14(2)3/h11-12,14,16-20,28H,13H2,1-10H3,(H,25,27)/b12-11-/t16-,17-,18-,19-,20-/m1/s1. The third-order valence-corrected chi connectivity index (χ3v) is 5.10. The minimum Gasteiger partial charge on any atom is -0.458 e.